The number of rotatable bonds is 9. The summed E-state index contributed by atoms with van der Waals surface area (Å²) in [5.74, 6) is 0.682. The normalized spacial score (nSPS) is 11.9. The van der Waals surface area contributed by atoms with E-state index in [0.717, 1.165) is 25.7 Å². The molecule has 0 spiro atoms. The first-order valence-corrected chi connectivity index (χ1v) is 6.91. The van der Waals surface area contributed by atoms with Crippen LogP contribution in [-0.4, -0.2) is 28.5 Å². The van der Waals surface area contributed by atoms with E-state index in [4.69, 9.17) is 4.74 Å². The molecule has 1 unspecified atom stereocenters. The predicted molar refractivity (Wildman–Crippen MR) is 77.0 cm³/mol. The third-order valence-electron chi connectivity index (χ3n) is 3.27. The molecular weight excluding hydrogens is 260 g/mol. The van der Waals surface area contributed by atoms with E-state index in [1.807, 2.05) is 0 Å². The zero-order valence-corrected chi connectivity index (χ0v) is 12.3. The van der Waals surface area contributed by atoms with Crippen LogP contribution in [0.25, 0.3) is 0 Å². The summed E-state index contributed by atoms with van der Waals surface area (Å²) in [5, 5.41) is 14.1. The molecule has 1 atom stereocenters. The maximum atomic E-state index is 11.1. The summed E-state index contributed by atoms with van der Waals surface area (Å²) in [5.41, 5.74) is -0.208. The number of ether oxygens (including phenoxy) is 1. The molecule has 7 nitrogen and oxygen atoms in total. The van der Waals surface area contributed by atoms with Crippen LogP contribution < -0.4 is 10.1 Å². The van der Waals surface area contributed by atoms with Gasteiger partial charge in [-0.3, -0.25) is 10.1 Å². The molecule has 1 heterocycles. The topological polar surface area (TPSA) is 90.2 Å². The van der Waals surface area contributed by atoms with Gasteiger partial charge in [-0.05, 0) is 12.3 Å². The van der Waals surface area contributed by atoms with Crippen molar-refractivity contribution in [2.45, 2.75) is 39.5 Å². The summed E-state index contributed by atoms with van der Waals surface area (Å²) < 4.78 is 4.91. The van der Waals surface area contributed by atoms with Crippen LogP contribution in [0, 0.1) is 16.0 Å². The number of anilines is 1. The summed E-state index contributed by atoms with van der Waals surface area (Å²) >= 11 is 0. The van der Waals surface area contributed by atoms with Gasteiger partial charge in [-0.2, -0.15) is 4.98 Å². The van der Waals surface area contributed by atoms with Gasteiger partial charge in [-0.1, -0.05) is 33.1 Å². The molecule has 0 saturated carbocycles. The summed E-state index contributed by atoms with van der Waals surface area (Å²) in [7, 11) is 1.36. The Labute approximate surface area is 118 Å². The van der Waals surface area contributed by atoms with E-state index < -0.39 is 4.92 Å². The highest BCUT2D eigenvalue weighted by Crippen LogP contribution is 2.30. The molecule has 0 saturated heterocycles. The number of unbranched alkanes of at least 4 members (excludes halogenated alkanes) is 1. The molecule has 0 aliphatic heterocycles. The Balaban J connectivity index is 2.78. The third-order valence-corrected chi connectivity index (χ3v) is 3.27. The van der Waals surface area contributed by atoms with Gasteiger partial charge in [0, 0.05) is 6.54 Å². The fraction of sp³-hybridized carbons (Fsp3) is 0.692. The number of nitro groups is 1. The third kappa shape index (κ3) is 4.32. The van der Waals surface area contributed by atoms with Crippen molar-refractivity contribution in [3.05, 3.63) is 16.4 Å². The minimum absolute atomic E-state index is 0.0193. The fourth-order valence-corrected chi connectivity index (χ4v) is 1.99. The van der Waals surface area contributed by atoms with Crippen molar-refractivity contribution >= 4 is 11.5 Å². The van der Waals surface area contributed by atoms with E-state index in [2.05, 4.69) is 29.1 Å². The lowest BCUT2D eigenvalue weighted by atomic mass is 9.99. The molecule has 1 aromatic rings. The molecule has 0 radical (unpaired) electrons. The molecule has 0 aliphatic carbocycles. The van der Waals surface area contributed by atoms with Crippen molar-refractivity contribution in [1.29, 1.82) is 0 Å². The molecule has 20 heavy (non-hydrogen) atoms. The monoisotopic (exact) mass is 282 g/mol. The average molecular weight is 282 g/mol. The highest BCUT2D eigenvalue weighted by Gasteiger charge is 2.24. The van der Waals surface area contributed by atoms with Gasteiger partial charge in [-0.25, -0.2) is 4.98 Å². The summed E-state index contributed by atoms with van der Waals surface area (Å²) in [6.07, 6.45) is 5.72. The molecule has 7 heteroatoms. The minimum Gasteiger partial charge on any atom is -0.476 e. The van der Waals surface area contributed by atoms with Crippen LogP contribution >= 0.6 is 0 Å². The number of nitrogens with zero attached hydrogens (tertiary/aromatic N) is 3. The van der Waals surface area contributed by atoms with Gasteiger partial charge in [0.05, 0.1) is 12.0 Å². The maximum Gasteiger partial charge on any atom is 0.372 e. The maximum absolute atomic E-state index is 11.1. The van der Waals surface area contributed by atoms with Crippen LogP contribution in [0.4, 0.5) is 11.5 Å². The van der Waals surface area contributed by atoms with Crippen molar-refractivity contribution in [1.82, 2.24) is 9.97 Å². The first kappa shape index (κ1) is 16.1. The fourth-order valence-electron chi connectivity index (χ4n) is 1.99. The Hall–Kier alpha value is -1.92. The van der Waals surface area contributed by atoms with Crippen LogP contribution in [0.2, 0.25) is 0 Å². The van der Waals surface area contributed by atoms with Crippen LogP contribution in [0.5, 0.6) is 5.88 Å². The Morgan fingerprint density at radius 3 is 2.75 bits per heavy atom. The summed E-state index contributed by atoms with van der Waals surface area (Å²) in [6, 6.07) is 0. The Morgan fingerprint density at radius 2 is 2.20 bits per heavy atom. The first-order valence-electron chi connectivity index (χ1n) is 6.91. The van der Waals surface area contributed by atoms with E-state index in [9.17, 15) is 10.1 Å². The van der Waals surface area contributed by atoms with E-state index in [1.165, 1.54) is 13.4 Å². The molecular formula is C13H22N4O3. The minimum atomic E-state index is -0.520. The van der Waals surface area contributed by atoms with Crippen molar-refractivity contribution < 1.29 is 9.66 Å². The summed E-state index contributed by atoms with van der Waals surface area (Å²) in [6.45, 7) is 4.94. The molecule has 0 amide bonds. The lowest BCUT2D eigenvalue weighted by Gasteiger charge is -2.15. The second-order valence-corrected chi connectivity index (χ2v) is 4.63. The van der Waals surface area contributed by atoms with Gasteiger partial charge in [0.25, 0.3) is 5.88 Å². The van der Waals surface area contributed by atoms with Gasteiger partial charge in [0.15, 0.2) is 0 Å². The van der Waals surface area contributed by atoms with Gasteiger partial charge in [0.1, 0.15) is 6.33 Å². The Kier molecular flexibility index (Phi) is 6.69. The van der Waals surface area contributed by atoms with Crippen molar-refractivity contribution in [2.75, 3.05) is 19.0 Å². The predicted octanol–water partition coefficient (Wildman–Crippen LogP) is 3.02. The zero-order valence-electron chi connectivity index (χ0n) is 12.3. The van der Waals surface area contributed by atoms with E-state index in [-0.39, 0.29) is 17.4 Å². The molecule has 1 N–H and O–H groups in total. The highest BCUT2D eigenvalue weighted by atomic mass is 16.6. The van der Waals surface area contributed by atoms with Gasteiger partial charge in [0.2, 0.25) is 5.82 Å². The lowest BCUT2D eigenvalue weighted by Crippen LogP contribution is -2.16. The Morgan fingerprint density at radius 1 is 1.45 bits per heavy atom. The average Bonchev–Trinajstić information content (AvgIpc) is 2.46. The molecule has 0 fully saturated rings. The van der Waals surface area contributed by atoms with Crippen molar-refractivity contribution in [3.8, 4) is 5.88 Å². The smallest absolute Gasteiger partial charge is 0.372 e. The first-order chi connectivity index (χ1) is 9.63. The molecule has 0 aromatic carbocycles. The highest BCUT2D eigenvalue weighted by molar-refractivity contribution is 5.61. The Bertz CT molecular complexity index is 440. The lowest BCUT2D eigenvalue weighted by molar-refractivity contribution is -0.385. The van der Waals surface area contributed by atoms with E-state index >= 15 is 0 Å². The standard InChI is InChI=1S/C13H22N4O3/c1-4-6-7-10(5-2)8-14-12-11(17(18)19)13(20-3)16-9-15-12/h9-10H,4-8H2,1-3H3,(H,14,15,16). The molecule has 1 rings (SSSR count). The quantitative estimate of drug-likeness (QED) is 0.553. The van der Waals surface area contributed by atoms with Gasteiger partial charge < -0.3 is 10.1 Å². The number of hydrogen-bond acceptors (Lipinski definition) is 6. The van der Waals surface area contributed by atoms with Gasteiger partial charge in [-0.15, -0.1) is 0 Å². The second-order valence-electron chi connectivity index (χ2n) is 4.63. The number of methoxy groups -OCH3 is 1. The number of nitrogens with one attached hydrogen (secondary N) is 1. The number of hydrogen-bond donors (Lipinski definition) is 1. The molecule has 0 bridgehead atoms. The SMILES string of the molecule is CCCCC(CC)CNc1ncnc(OC)c1[N+](=O)[O-]. The molecule has 112 valence electrons. The van der Waals surface area contributed by atoms with Crippen LogP contribution in [0.15, 0.2) is 6.33 Å². The summed E-state index contributed by atoms with van der Waals surface area (Å²) in [4.78, 5) is 18.3. The van der Waals surface area contributed by atoms with E-state index in [1.54, 1.807) is 0 Å². The van der Waals surface area contributed by atoms with E-state index in [0.29, 0.717) is 12.5 Å². The van der Waals surface area contributed by atoms with Crippen molar-refractivity contribution in [3.63, 3.8) is 0 Å². The van der Waals surface area contributed by atoms with Crippen LogP contribution in [-0.2, 0) is 0 Å². The molecule has 1 aromatic heterocycles. The van der Waals surface area contributed by atoms with Crippen LogP contribution in [0.1, 0.15) is 39.5 Å². The van der Waals surface area contributed by atoms with Crippen LogP contribution in [0.3, 0.4) is 0 Å². The van der Waals surface area contributed by atoms with Crippen molar-refractivity contribution in [2.24, 2.45) is 5.92 Å². The second kappa shape index (κ2) is 8.29. The molecule has 0 aliphatic rings. The van der Waals surface area contributed by atoms with Gasteiger partial charge >= 0.3 is 5.69 Å². The zero-order chi connectivity index (χ0) is 15.0. The largest absolute Gasteiger partial charge is 0.476 e. The number of aromatic nitrogens is 2.